The van der Waals surface area contributed by atoms with E-state index in [2.05, 4.69) is 11.4 Å². The van der Waals surface area contributed by atoms with Gasteiger partial charge in [0.25, 0.3) is 5.91 Å². The van der Waals surface area contributed by atoms with Crippen molar-refractivity contribution in [3.8, 4) is 11.5 Å². The first-order chi connectivity index (χ1) is 19.5. The second-order valence-corrected chi connectivity index (χ2v) is 11.2. The third-order valence-electron chi connectivity index (χ3n) is 6.99. The molecule has 1 atom stereocenters. The van der Waals surface area contributed by atoms with Gasteiger partial charge < -0.3 is 20.5 Å². The molecule has 1 aliphatic carbocycles. The largest absolute Gasteiger partial charge is 0.461 e. The third kappa shape index (κ3) is 7.25. The van der Waals surface area contributed by atoms with E-state index in [1.165, 1.54) is 11.3 Å². The van der Waals surface area contributed by atoms with Crippen molar-refractivity contribution in [2.45, 2.75) is 57.3 Å². The number of fused-ring (bicyclic) bond motifs is 1. The number of hydrogen-bond acceptors (Lipinski definition) is 8. The van der Waals surface area contributed by atoms with Gasteiger partial charge in [-0.25, -0.2) is 5.48 Å². The Balaban J connectivity index is 1.07. The fourth-order valence-electron chi connectivity index (χ4n) is 4.80. The number of esters is 1. The SMILES string of the molecule is N[C@@H](Cc1ccc(Oc2ccc(CNCc3ccc4cc(C(=O)NO)sc4c3)cc2)cc1)C(=O)OC1CCCC1. The van der Waals surface area contributed by atoms with Gasteiger partial charge in [-0.2, -0.15) is 0 Å². The summed E-state index contributed by atoms with van der Waals surface area (Å²) < 4.78 is 12.5. The molecule has 9 heteroatoms. The highest BCUT2D eigenvalue weighted by atomic mass is 32.1. The summed E-state index contributed by atoms with van der Waals surface area (Å²) in [6.07, 6.45) is 4.55. The number of thiophene rings is 1. The summed E-state index contributed by atoms with van der Waals surface area (Å²) in [6.45, 7) is 1.38. The summed E-state index contributed by atoms with van der Waals surface area (Å²) >= 11 is 1.35. The summed E-state index contributed by atoms with van der Waals surface area (Å²) in [7, 11) is 0. The zero-order chi connectivity index (χ0) is 27.9. The van der Waals surface area contributed by atoms with Crippen molar-refractivity contribution in [1.82, 2.24) is 10.8 Å². The standard InChI is InChI=1S/C31H33N3O5S/c32-27(31(36)39-24-3-1-2-4-24)15-20-6-11-25(12-7-20)38-26-13-8-21(9-14-26)18-33-19-22-5-10-23-17-29(30(35)34-37)40-28(23)16-22/h5-14,16-17,24,27,33,37H,1-4,15,18-19,32H2,(H,34,35)/t27-/m0/s1. The van der Waals surface area contributed by atoms with Crippen molar-refractivity contribution >= 4 is 33.3 Å². The molecule has 1 heterocycles. The Morgan fingerprint density at radius 1 is 0.900 bits per heavy atom. The molecule has 5 rings (SSSR count). The molecule has 1 saturated carbocycles. The molecule has 1 amide bonds. The summed E-state index contributed by atoms with van der Waals surface area (Å²) in [5.41, 5.74) is 11.0. The predicted octanol–water partition coefficient (Wildman–Crippen LogP) is 5.46. The van der Waals surface area contributed by atoms with Crippen LogP contribution in [0.5, 0.6) is 11.5 Å². The lowest BCUT2D eigenvalue weighted by Gasteiger charge is -2.16. The number of hydroxylamine groups is 1. The minimum Gasteiger partial charge on any atom is -0.461 e. The van der Waals surface area contributed by atoms with Gasteiger partial charge in [0.2, 0.25) is 0 Å². The summed E-state index contributed by atoms with van der Waals surface area (Å²) in [5, 5.41) is 13.3. The molecule has 0 saturated heterocycles. The van der Waals surface area contributed by atoms with Gasteiger partial charge in [0, 0.05) is 17.8 Å². The molecule has 1 fully saturated rings. The van der Waals surface area contributed by atoms with E-state index >= 15 is 0 Å². The van der Waals surface area contributed by atoms with Gasteiger partial charge >= 0.3 is 5.97 Å². The number of rotatable bonds is 11. The van der Waals surface area contributed by atoms with E-state index in [1.54, 1.807) is 11.5 Å². The van der Waals surface area contributed by atoms with E-state index in [1.807, 2.05) is 60.7 Å². The van der Waals surface area contributed by atoms with Crippen LogP contribution in [0.25, 0.3) is 10.1 Å². The highest BCUT2D eigenvalue weighted by molar-refractivity contribution is 7.20. The van der Waals surface area contributed by atoms with E-state index in [-0.39, 0.29) is 12.1 Å². The number of benzene rings is 3. The van der Waals surface area contributed by atoms with Crippen LogP contribution in [0.4, 0.5) is 0 Å². The van der Waals surface area contributed by atoms with Gasteiger partial charge in [-0.15, -0.1) is 11.3 Å². The van der Waals surface area contributed by atoms with Gasteiger partial charge in [0.05, 0.1) is 4.88 Å². The van der Waals surface area contributed by atoms with E-state index < -0.39 is 11.9 Å². The Bertz CT molecular complexity index is 1450. The van der Waals surface area contributed by atoms with Crippen molar-refractivity contribution in [2.24, 2.45) is 5.73 Å². The molecule has 1 aromatic heterocycles. The van der Waals surface area contributed by atoms with Gasteiger partial charge in [0.1, 0.15) is 23.6 Å². The smallest absolute Gasteiger partial charge is 0.323 e. The molecule has 5 N–H and O–H groups in total. The van der Waals surface area contributed by atoms with Gasteiger partial charge in [0.15, 0.2) is 0 Å². The Morgan fingerprint density at radius 3 is 2.20 bits per heavy atom. The molecular formula is C31H33N3O5S. The maximum Gasteiger partial charge on any atom is 0.323 e. The number of carbonyl (C=O) groups is 2. The molecule has 8 nitrogen and oxygen atoms in total. The molecular weight excluding hydrogens is 526 g/mol. The molecule has 208 valence electrons. The first-order valence-corrected chi connectivity index (χ1v) is 14.3. The zero-order valence-corrected chi connectivity index (χ0v) is 22.9. The van der Waals surface area contributed by atoms with Crippen molar-refractivity contribution in [1.29, 1.82) is 0 Å². The molecule has 0 spiro atoms. The van der Waals surface area contributed by atoms with Crippen LogP contribution in [-0.4, -0.2) is 29.2 Å². The highest BCUT2D eigenvalue weighted by Crippen LogP contribution is 2.27. The van der Waals surface area contributed by atoms with Crippen LogP contribution in [0.3, 0.4) is 0 Å². The lowest BCUT2D eigenvalue weighted by molar-refractivity contribution is -0.150. The van der Waals surface area contributed by atoms with Crippen LogP contribution in [0.2, 0.25) is 0 Å². The molecule has 40 heavy (non-hydrogen) atoms. The molecule has 0 bridgehead atoms. The number of ether oxygens (including phenoxy) is 2. The Hall–Kier alpha value is -3.76. The van der Waals surface area contributed by atoms with E-state index in [0.717, 1.165) is 58.2 Å². The summed E-state index contributed by atoms with van der Waals surface area (Å²) in [5.74, 6) is 0.622. The van der Waals surface area contributed by atoms with Crippen LogP contribution in [0.1, 0.15) is 52.0 Å². The zero-order valence-electron chi connectivity index (χ0n) is 22.1. The number of amides is 1. The van der Waals surface area contributed by atoms with Crippen molar-refractivity contribution in [3.05, 3.63) is 94.4 Å². The van der Waals surface area contributed by atoms with Crippen molar-refractivity contribution < 1.29 is 24.3 Å². The van der Waals surface area contributed by atoms with Crippen LogP contribution >= 0.6 is 11.3 Å². The van der Waals surface area contributed by atoms with Gasteiger partial charge in [-0.1, -0.05) is 36.4 Å². The average molecular weight is 560 g/mol. The number of nitrogens with one attached hydrogen (secondary N) is 2. The number of nitrogens with two attached hydrogens (primary N) is 1. The fraction of sp³-hybridized carbons (Fsp3) is 0.290. The minimum atomic E-state index is -0.667. The molecule has 4 aromatic rings. The molecule has 0 aliphatic heterocycles. The molecule has 1 aliphatic rings. The van der Waals surface area contributed by atoms with Crippen LogP contribution < -0.4 is 21.3 Å². The van der Waals surface area contributed by atoms with Crippen LogP contribution in [0.15, 0.2) is 72.8 Å². The molecule has 0 unspecified atom stereocenters. The fourth-order valence-corrected chi connectivity index (χ4v) is 5.82. The molecule has 0 radical (unpaired) electrons. The van der Waals surface area contributed by atoms with Gasteiger partial charge in [-0.3, -0.25) is 14.8 Å². The minimum absolute atomic E-state index is 0.0251. The number of hydrogen-bond donors (Lipinski definition) is 4. The lowest BCUT2D eigenvalue weighted by atomic mass is 10.1. The van der Waals surface area contributed by atoms with E-state index in [0.29, 0.717) is 30.1 Å². The average Bonchev–Trinajstić information content (AvgIpc) is 3.64. The Morgan fingerprint density at radius 2 is 1.52 bits per heavy atom. The quantitative estimate of drug-likeness (QED) is 0.109. The number of carbonyl (C=O) groups excluding carboxylic acids is 2. The second kappa shape index (κ2) is 13.1. The van der Waals surface area contributed by atoms with Crippen molar-refractivity contribution in [2.75, 3.05) is 0 Å². The Labute approximate surface area is 237 Å². The maximum atomic E-state index is 12.3. The maximum absolute atomic E-state index is 12.3. The van der Waals surface area contributed by atoms with Crippen molar-refractivity contribution in [3.63, 3.8) is 0 Å². The second-order valence-electron chi connectivity index (χ2n) is 10.1. The first kappa shape index (κ1) is 27.8. The van der Waals surface area contributed by atoms with Crippen LogP contribution in [0, 0.1) is 0 Å². The van der Waals surface area contributed by atoms with Gasteiger partial charge in [-0.05, 0) is 90.6 Å². The highest BCUT2D eigenvalue weighted by Gasteiger charge is 2.23. The summed E-state index contributed by atoms with van der Waals surface area (Å²) in [6, 6.07) is 22.7. The van der Waals surface area contributed by atoms with Crippen LogP contribution in [-0.2, 0) is 29.0 Å². The predicted molar refractivity (Wildman–Crippen MR) is 155 cm³/mol. The van der Waals surface area contributed by atoms with E-state index in [9.17, 15) is 9.59 Å². The topological polar surface area (TPSA) is 123 Å². The first-order valence-electron chi connectivity index (χ1n) is 13.5. The molecule has 3 aromatic carbocycles. The monoisotopic (exact) mass is 559 g/mol. The van der Waals surface area contributed by atoms with E-state index in [4.69, 9.17) is 20.4 Å². The lowest BCUT2D eigenvalue weighted by Crippen LogP contribution is -2.36. The summed E-state index contributed by atoms with van der Waals surface area (Å²) in [4.78, 5) is 24.4. The Kier molecular flexibility index (Phi) is 9.08. The third-order valence-corrected chi connectivity index (χ3v) is 8.09. The normalized spacial score (nSPS) is 14.2.